The maximum absolute atomic E-state index is 11.1. The Bertz CT molecular complexity index is 814. The van der Waals surface area contributed by atoms with Crippen molar-refractivity contribution < 1.29 is 14.4 Å². The van der Waals surface area contributed by atoms with Gasteiger partial charge >= 0.3 is 0 Å². The second-order valence-electron chi connectivity index (χ2n) is 5.17. The third kappa shape index (κ3) is 3.53. The lowest BCUT2D eigenvalue weighted by atomic mass is 10.1. The molecule has 0 saturated carbocycles. The molecule has 0 fully saturated rings. The van der Waals surface area contributed by atoms with E-state index in [2.05, 4.69) is 5.32 Å². The molecule has 124 valence electrons. The molecule has 1 atom stereocenters. The van der Waals surface area contributed by atoms with Gasteiger partial charge < -0.3 is 14.8 Å². The molecule has 0 aliphatic heterocycles. The van der Waals surface area contributed by atoms with Crippen LogP contribution < -0.4 is 5.32 Å². The Kier molecular flexibility index (Phi) is 5.05. The number of thiophene rings is 1. The molecule has 0 saturated heterocycles. The maximum Gasteiger partial charge on any atom is 0.278 e. The number of nitro groups is 1. The molecule has 0 amide bonds. The van der Waals surface area contributed by atoms with Gasteiger partial charge in [-0.2, -0.15) is 0 Å². The van der Waals surface area contributed by atoms with Gasteiger partial charge in [-0.3, -0.25) is 10.1 Å². The molecule has 2 heterocycles. The molecular weight excluding hydrogens is 328 g/mol. The summed E-state index contributed by atoms with van der Waals surface area (Å²) in [7, 11) is 0. The van der Waals surface area contributed by atoms with Crippen LogP contribution in [0.4, 0.5) is 5.69 Å². The van der Waals surface area contributed by atoms with E-state index >= 15 is 0 Å². The van der Waals surface area contributed by atoms with Crippen LogP contribution in [-0.2, 0) is 6.54 Å². The first-order valence-corrected chi connectivity index (χ1v) is 8.21. The number of nitro benzene ring substituents is 1. The Morgan fingerprint density at radius 3 is 2.75 bits per heavy atom. The monoisotopic (exact) mass is 344 g/mol. The van der Waals surface area contributed by atoms with Crippen LogP contribution >= 0.6 is 11.3 Å². The normalized spacial score (nSPS) is 12.2. The fourth-order valence-electron chi connectivity index (χ4n) is 2.43. The van der Waals surface area contributed by atoms with Gasteiger partial charge in [0.2, 0.25) is 0 Å². The molecule has 1 aromatic carbocycles. The lowest BCUT2D eigenvalue weighted by Crippen LogP contribution is -2.23. The number of benzene rings is 1. The molecule has 0 aliphatic carbocycles. The zero-order valence-corrected chi connectivity index (χ0v) is 13.5. The Balaban J connectivity index is 1.73. The van der Waals surface area contributed by atoms with E-state index in [0.29, 0.717) is 17.9 Å². The predicted octanol–water partition coefficient (Wildman–Crippen LogP) is 3.74. The number of nitrogens with zero attached hydrogens (tertiary/aromatic N) is 1. The third-order valence-corrected chi connectivity index (χ3v) is 4.74. The Hall–Kier alpha value is -2.48. The maximum atomic E-state index is 11.1. The summed E-state index contributed by atoms with van der Waals surface area (Å²) < 4.78 is 5.30. The summed E-state index contributed by atoms with van der Waals surface area (Å²) >= 11 is 1.49. The van der Waals surface area contributed by atoms with Crippen molar-refractivity contribution in [2.24, 2.45) is 0 Å². The molecule has 3 aromatic rings. The highest BCUT2D eigenvalue weighted by molar-refractivity contribution is 7.15. The molecule has 7 heteroatoms. The highest BCUT2D eigenvalue weighted by Gasteiger charge is 2.17. The third-order valence-electron chi connectivity index (χ3n) is 3.62. The van der Waals surface area contributed by atoms with Crippen LogP contribution in [0.3, 0.4) is 0 Å². The van der Waals surface area contributed by atoms with E-state index in [1.807, 2.05) is 12.1 Å². The van der Waals surface area contributed by atoms with Gasteiger partial charge in [-0.25, -0.2) is 0 Å². The van der Waals surface area contributed by atoms with Gasteiger partial charge in [-0.15, -0.1) is 11.3 Å². The second kappa shape index (κ2) is 7.39. The number of hydrogen-bond acceptors (Lipinski definition) is 6. The smallest absolute Gasteiger partial charge is 0.278 e. The van der Waals surface area contributed by atoms with Crippen molar-refractivity contribution in [3.05, 3.63) is 75.5 Å². The van der Waals surface area contributed by atoms with E-state index in [1.165, 1.54) is 17.4 Å². The predicted molar refractivity (Wildman–Crippen MR) is 91.8 cm³/mol. The topological polar surface area (TPSA) is 88.5 Å². The Labute approximate surface area is 142 Å². The largest absolute Gasteiger partial charge is 0.468 e. The number of aliphatic hydroxyl groups excluding tert-OH is 1. The van der Waals surface area contributed by atoms with Crippen molar-refractivity contribution >= 4 is 17.0 Å². The number of aliphatic hydroxyl groups is 1. The minimum absolute atomic E-state index is 0.0735. The standard InChI is InChI=1S/C17H16N2O4S/c20-11-14(16-6-3-9-23-16)18-10-12-7-8-17(24-12)13-4-1-2-5-15(13)19(21)22/h1-9,14,18,20H,10-11H2. The van der Waals surface area contributed by atoms with E-state index in [9.17, 15) is 15.2 Å². The number of furan rings is 1. The van der Waals surface area contributed by atoms with Crippen molar-refractivity contribution in [1.82, 2.24) is 5.32 Å². The fourth-order valence-corrected chi connectivity index (χ4v) is 3.42. The van der Waals surface area contributed by atoms with Crippen molar-refractivity contribution in [3.8, 4) is 10.4 Å². The lowest BCUT2D eigenvalue weighted by Gasteiger charge is -2.12. The Morgan fingerprint density at radius 1 is 1.21 bits per heavy atom. The van der Waals surface area contributed by atoms with E-state index in [0.717, 1.165) is 9.75 Å². The lowest BCUT2D eigenvalue weighted by molar-refractivity contribution is -0.384. The zero-order chi connectivity index (χ0) is 16.9. The van der Waals surface area contributed by atoms with Crippen LogP contribution in [0.5, 0.6) is 0 Å². The molecular formula is C17H16N2O4S. The molecule has 0 spiro atoms. The van der Waals surface area contributed by atoms with Crippen LogP contribution in [0.15, 0.2) is 59.2 Å². The summed E-state index contributed by atoms with van der Waals surface area (Å²) in [6.07, 6.45) is 1.57. The molecule has 0 bridgehead atoms. The van der Waals surface area contributed by atoms with Crippen molar-refractivity contribution in [1.29, 1.82) is 0 Å². The van der Waals surface area contributed by atoms with Crippen molar-refractivity contribution in [2.75, 3.05) is 6.61 Å². The summed E-state index contributed by atoms with van der Waals surface area (Å²) in [4.78, 5) is 12.6. The van der Waals surface area contributed by atoms with E-state index in [4.69, 9.17) is 4.42 Å². The Morgan fingerprint density at radius 2 is 2.04 bits per heavy atom. The summed E-state index contributed by atoms with van der Waals surface area (Å²) in [5, 5.41) is 23.8. The van der Waals surface area contributed by atoms with Crippen LogP contribution in [0.2, 0.25) is 0 Å². The van der Waals surface area contributed by atoms with Gasteiger partial charge in [0, 0.05) is 22.4 Å². The highest BCUT2D eigenvalue weighted by Crippen LogP contribution is 2.34. The van der Waals surface area contributed by atoms with E-state index in [-0.39, 0.29) is 23.3 Å². The van der Waals surface area contributed by atoms with Crippen molar-refractivity contribution in [3.63, 3.8) is 0 Å². The van der Waals surface area contributed by atoms with Crippen molar-refractivity contribution in [2.45, 2.75) is 12.6 Å². The van der Waals surface area contributed by atoms with Gasteiger partial charge in [0.1, 0.15) is 5.76 Å². The second-order valence-corrected chi connectivity index (χ2v) is 6.34. The average Bonchev–Trinajstić information content (AvgIpc) is 3.27. The van der Waals surface area contributed by atoms with Crippen LogP contribution in [-0.4, -0.2) is 16.6 Å². The molecule has 2 N–H and O–H groups in total. The molecule has 3 rings (SSSR count). The first-order valence-electron chi connectivity index (χ1n) is 7.39. The molecule has 0 radical (unpaired) electrons. The number of para-hydroxylation sites is 1. The SMILES string of the molecule is O=[N+]([O-])c1ccccc1-c1ccc(CNC(CO)c2ccco2)s1. The summed E-state index contributed by atoms with van der Waals surface area (Å²) in [6, 6.07) is 13.8. The summed E-state index contributed by atoms with van der Waals surface area (Å²) in [5.41, 5.74) is 0.714. The van der Waals surface area contributed by atoms with Gasteiger partial charge in [-0.05, 0) is 30.3 Å². The highest BCUT2D eigenvalue weighted by atomic mass is 32.1. The number of rotatable bonds is 7. The molecule has 0 aliphatic rings. The van der Waals surface area contributed by atoms with Crippen LogP contribution in [0.1, 0.15) is 16.7 Å². The fraction of sp³-hybridized carbons (Fsp3) is 0.176. The summed E-state index contributed by atoms with van der Waals surface area (Å²) in [5.74, 6) is 0.674. The quantitative estimate of drug-likeness (QED) is 0.503. The van der Waals surface area contributed by atoms with Crippen LogP contribution in [0.25, 0.3) is 10.4 Å². The van der Waals surface area contributed by atoms with Gasteiger partial charge in [-0.1, -0.05) is 12.1 Å². The van der Waals surface area contributed by atoms with Gasteiger partial charge in [0.15, 0.2) is 0 Å². The molecule has 24 heavy (non-hydrogen) atoms. The minimum Gasteiger partial charge on any atom is -0.468 e. The number of nitrogens with one attached hydrogen (secondary N) is 1. The molecule has 1 unspecified atom stereocenters. The molecule has 6 nitrogen and oxygen atoms in total. The zero-order valence-electron chi connectivity index (χ0n) is 12.7. The van der Waals surface area contributed by atoms with E-state index < -0.39 is 0 Å². The molecule has 2 aromatic heterocycles. The van der Waals surface area contributed by atoms with Crippen LogP contribution in [0, 0.1) is 10.1 Å². The first-order chi connectivity index (χ1) is 11.7. The minimum atomic E-state index is -0.369. The van der Waals surface area contributed by atoms with Gasteiger partial charge in [0.25, 0.3) is 5.69 Å². The van der Waals surface area contributed by atoms with E-state index in [1.54, 1.807) is 36.6 Å². The van der Waals surface area contributed by atoms with Gasteiger partial charge in [0.05, 0.1) is 29.4 Å². The first kappa shape index (κ1) is 16.4. The average molecular weight is 344 g/mol. The number of hydrogen-bond donors (Lipinski definition) is 2. The summed E-state index contributed by atoms with van der Waals surface area (Å²) in [6.45, 7) is 0.465.